The van der Waals surface area contributed by atoms with Crippen LogP contribution >= 0.6 is 0 Å². The predicted octanol–water partition coefficient (Wildman–Crippen LogP) is 2.36. The second-order valence-corrected chi connectivity index (χ2v) is 8.21. The largest absolute Gasteiger partial charge is 0.507 e. The maximum Gasteiger partial charge on any atom is 0.256 e. The summed E-state index contributed by atoms with van der Waals surface area (Å²) in [6.07, 6.45) is 4.44. The van der Waals surface area contributed by atoms with E-state index in [-0.39, 0.29) is 34.7 Å². The van der Waals surface area contributed by atoms with Crippen LogP contribution in [-0.2, 0) is 0 Å². The van der Waals surface area contributed by atoms with Crippen LogP contribution in [0.3, 0.4) is 0 Å². The number of carbonyl (C=O) groups excluding carboxylic acids is 1. The summed E-state index contributed by atoms with van der Waals surface area (Å²) in [6.45, 7) is 0. The molecule has 9 heteroatoms. The summed E-state index contributed by atoms with van der Waals surface area (Å²) in [6, 6.07) is 2.08. The van der Waals surface area contributed by atoms with Crippen molar-refractivity contribution in [3.05, 3.63) is 35.9 Å². The fourth-order valence-corrected chi connectivity index (χ4v) is 4.33. The predicted molar refractivity (Wildman–Crippen MR) is 109 cm³/mol. The molecule has 2 aliphatic rings. The Morgan fingerprint density at radius 1 is 1.20 bits per heavy atom. The van der Waals surface area contributed by atoms with Gasteiger partial charge in [-0.25, -0.2) is 13.8 Å². The minimum Gasteiger partial charge on any atom is -0.507 e. The van der Waals surface area contributed by atoms with E-state index in [9.17, 15) is 18.7 Å². The molecule has 4 rings (SSSR count). The lowest BCUT2D eigenvalue weighted by molar-refractivity contribution is 0.0822. The van der Waals surface area contributed by atoms with Crippen LogP contribution in [0, 0.1) is 5.82 Å². The van der Waals surface area contributed by atoms with Gasteiger partial charge in [-0.2, -0.15) is 0 Å². The summed E-state index contributed by atoms with van der Waals surface area (Å²) in [5.74, 6) is -1.06. The lowest BCUT2D eigenvalue weighted by Crippen LogP contribution is -2.55. The molecule has 0 spiro atoms. The summed E-state index contributed by atoms with van der Waals surface area (Å²) in [5, 5.41) is 13.6. The summed E-state index contributed by atoms with van der Waals surface area (Å²) in [4.78, 5) is 23.7. The highest BCUT2D eigenvalue weighted by Gasteiger charge is 2.43. The lowest BCUT2D eigenvalue weighted by atomic mass is 9.96. The van der Waals surface area contributed by atoms with Gasteiger partial charge in [0.1, 0.15) is 23.6 Å². The molecule has 2 N–H and O–H groups in total. The van der Waals surface area contributed by atoms with Gasteiger partial charge in [0, 0.05) is 38.8 Å². The van der Waals surface area contributed by atoms with E-state index in [0.717, 1.165) is 25.0 Å². The van der Waals surface area contributed by atoms with Crippen molar-refractivity contribution < 1.29 is 18.7 Å². The lowest BCUT2D eigenvalue weighted by Gasteiger charge is -2.38. The number of halogens is 2. The Morgan fingerprint density at radius 3 is 2.63 bits per heavy atom. The molecule has 2 saturated heterocycles. The Bertz CT molecular complexity index is 953. The van der Waals surface area contributed by atoms with Crippen LogP contribution in [0.15, 0.2) is 24.5 Å². The molecular formula is C21H25F2N5O2. The number of anilines is 1. The topological polar surface area (TPSA) is 81.6 Å². The van der Waals surface area contributed by atoms with Gasteiger partial charge >= 0.3 is 0 Å². The molecule has 1 aromatic heterocycles. The second-order valence-electron chi connectivity index (χ2n) is 8.21. The molecule has 2 aliphatic heterocycles. The number of carbonyl (C=O) groups is 1. The molecule has 2 unspecified atom stereocenters. The van der Waals surface area contributed by atoms with Gasteiger partial charge in [0.25, 0.3) is 5.91 Å². The summed E-state index contributed by atoms with van der Waals surface area (Å²) < 4.78 is 29.3. The number of nitrogens with one attached hydrogen (secondary N) is 1. The molecule has 30 heavy (non-hydrogen) atoms. The highest BCUT2D eigenvalue weighted by Crippen LogP contribution is 2.34. The molecule has 0 radical (unpaired) electrons. The van der Waals surface area contributed by atoms with Gasteiger partial charge in [0.05, 0.1) is 29.7 Å². The number of aromatic nitrogens is 2. The molecule has 1 amide bonds. The number of nitrogens with zero attached hydrogens (tertiary/aromatic N) is 4. The number of phenols is 1. The number of aromatic hydroxyl groups is 1. The average molecular weight is 417 g/mol. The Balaban J connectivity index is 1.56. The average Bonchev–Trinajstić information content (AvgIpc) is 3.14. The molecular weight excluding hydrogens is 392 g/mol. The van der Waals surface area contributed by atoms with E-state index in [1.807, 2.05) is 0 Å². The van der Waals surface area contributed by atoms with E-state index in [1.54, 1.807) is 11.9 Å². The van der Waals surface area contributed by atoms with Gasteiger partial charge in [-0.05, 0) is 31.4 Å². The number of fused-ring (bicyclic) bond motifs is 2. The third kappa shape index (κ3) is 3.58. The Kier molecular flexibility index (Phi) is 5.31. The van der Waals surface area contributed by atoms with Crippen LogP contribution in [0.5, 0.6) is 5.75 Å². The van der Waals surface area contributed by atoms with Gasteiger partial charge in [0.15, 0.2) is 0 Å². The molecule has 4 atom stereocenters. The van der Waals surface area contributed by atoms with Crippen molar-refractivity contribution >= 4 is 11.7 Å². The van der Waals surface area contributed by atoms with Crippen LogP contribution < -0.4 is 10.2 Å². The van der Waals surface area contributed by atoms with E-state index in [4.69, 9.17) is 0 Å². The van der Waals surface area contributed by atoms with Gasteiger partial charge in [-0.3, -0.25) is 9.78 Å². The fourth-order valence-electron chi connectivity index (χ4n) is 4.33. The van der Waals surface area contributed by atoms with Crippen molar-refractivity contribution in [2.24, 2.45) is 0 Å². The van der Waals surface area contributed by atoms with E-state index in [2.05, 4.69) is 15.3 Å². The zero-order valence-corrected chi connectivity index (χ0v) is 17.1. The van der Waals surface area contributed by atoms with Crippen molar-refractivity contribution in [3.63, 3.8) is 0 Å². The second kappa shape index (κ2) is 7.79. The van der Waals surface area contributed by atoms with E-state index in [0.29, 0.717) is 18.3 Å². The molecule has 3 heterocycles. The number of benzene rings is 1. The van der Waals surface area contributed by atoms with Crippen LogP contribution in [0.1, 0.15) is 29.6 Å². The van der Waals surface area contributed by atoms with E-state index in [1.165, 1.54) is 31.4 Å². The molecule has 1 aromatic carbocycles. The number of hydrogen-bond donors (Lipinski definition) is 2. The van der Waals surface area contributed by atoms with Gasteiger partial charge in [-0.15, -0.1) is 0 Å². The first kappa shape index (κ1) is 20.5. The maximum absolute atomic E-state index is 14.8. The number of hydrogen-bond acceptors (Lipinski definition) is 6. The third-order valence-corrected chi connectivity index (χ3v) is 6.05. The van der Waals surface area contributed by atoms with Crippen LogP contribution in [0.4, 0.5) is 14.6 Å². The van der Waals surface area contributed by atoms with Crippen molar-refractivity contribution in [1.29, 1.82) is 0 Å². The highest BCUT2D eigenvalue weighted by molar-refractivity contribution is 5.95. The smallest absolute Gasteiger partial charge is 0.256 e. The number of phenolic OH excluding ortho intramolecular Hbond substituents is 1. The quantitative estimate of drug-likeness (QED) is 0.795. The van der Waals surface area contributed by atoms with Gasteiger partial charge in [0.2, 0.25) is 0 Å². The zero-order valence-electron chi connectivity index (χ0n) is 17.1. The summed E-state index contributed by atoms with van der Waals surface area (Å²) >= 11 is 0. The molecule has 7 nitrogen and oxygen atoms in total. The van der Waals surface area contributed by atoms with Gasteiger partial charge in [-0.1, -0.05) is 0 Å². The number of amides is 1. The fraction of sp³-hybridized carbons (Fsp3) is 0.476. The first-order valence-electron chi connectivity index (χ1n) is 9.95. The van der Waals surface area contributed by atoms with Crippen molar-refractivity contribution in [2.45, 2.75) is 43.6 Å². The summed E-state index contributed by atoms with van der Waals surface area (Å²) in [7, 11) is 4.80. The Hall–Kier alpha value is -2.81. The zero-order chi connectivity index (χ0) is 21.6. The molecule has 2 fully saturated rings. The van der Waals surface area contributed by atoms with Crippen molar-refractivity contribution in [2.75, 3.05) is 26.0 Å². The van der Waals surface area contributed by atoms with E-state index >= 15 is 0 Å². The molecule has 160 valence electrons. The van der Waals surface area contributed by atoms with Crippen LogP contribution in [-0.4, -0.2) is 71.3 Å². The first-order chi connectivity index (χ1) is 14.3. The minimum absolute atomic E-state index is 0.119. The minimum atomic E-state index is -0.991. The Labute approximate surface area is 173 Å². The Morgan fingerprint density at radius 2 is 1.97 bits per heavy atom. The van der Waals surface area contributed by atoms with E-state index < -0.39 is 17.9 Å². The number of rotatable bonds is 4. The monoisotopic (exact) mass is 417 g/mol. The summed E-state index contributed by atoms with van der Waals surface area (Å²) in [5.41, 5.74) is 0.169. The number of piperidine rings is 1. The molecule has 0 aliphatic carbocycles. The SMILES string of the molecule is CN(C)C(=O)c1cc(O)c(-c2cnc(N(C)[C@H]3CC4CCC(N4)[C@H]3F)cn2)cc1F. The highest BCUT2D eigenvalue weighted by atomic mass is 19.1. The van der Waals surface area contributed by atoms with Crippen LogP contribution in [0.2, 0.25) is 0 Å². The first-order valence-corrected chi connectivity index (χ1v) is 9.95. The maximum atomic E-state index is 14.8. The molecule has 2 bridgehead atoms. The van der Waals surface area contributed by atoms with Crippen molar-refractivity contribution in [3.8, 4) is 17.0 Å². The normalized spacial score (nSPS) is 25.2. The van der Waals surface area contributed by atoms with Gasteiger partial charge < -0.3 is 20.2 Å². The molecule has 2 aromatic rings. The number of alkyl halides is 1. The standard InChI is InChI=1S/C21H25F2N5O2/c1-27(2)21(30)12-8-18(29)13(7-14(12)22)16-9-25-19(10-24-16)28(3)17-6-11-4-5-15(26-11)20(17)23/h7-11,15,17,20,26,29H,4-6H2,1-3H3/t11?,15?,17-,20+/m0/s1. The van der Waals surface area contributed by atoms with Crippen molar-refractivity contribution in [1.82, 2.24) is 20.2 Å². The molecule has 0 saturated carbocycles. The van der Waals surface area contributed by atoms with Crippen LogP contribution in [0.25, 0.3) is 11.3 Å². The third-order valence-electron chi connectivity index (χ3n) is 6.05.